The summed E-state index contributed by atoms with van der Waals surface area (Å²) in [4.78, 5) is 17.1. The van der Waals surface area contributed by atoms with Crippen molar-refractivity contribution in [3.8, 4) is 5.69 Å². The number of benzene rings is 1. The topological polar surface area (TPSA) is 71.8 Å². The van der Waals surface area contributed by atoms with Crippen LogP contribution in [0, 0.1) is 12.8 Å². The van der Waals surface area contributed by atoms with E-state index in [0.29, 0.717) is 17.3 Å². The SMILES string of the molecule is Cc1cc(NC(=O)c2cncc(CC3CCNC3)c2)n(-c2ccccc2)n1. The molecule has 2 aromatic heterocycles. The van der Waals surface area contributed by atoms with Crippen molar-refractivity contribution in [3.05, 3.63) is 71.7 Å². The van der Waals surface area contributed by atoms with Gasteiger partial charge in [0, 0.05) is 18.5 Å². The largest absolute Gasteiger partial charge is 0.316 e. The summed E-state index contributed by atoms with van der Waals surface area (Å²) >= 11 is 0. The summed E-state index contributed by atoms with van der Waals surface area (Å²) in [6.07, 6.45) is 5.59. The molecule has 4 rings (SSSR count). The fraction of sp³-hybridized carbons (Fsp3) is 0.286. The molecule has 1 unspecified atom stereocenters. The summed E-state index contributed by atoms with van der Waals surface area (Å²) in [6.45, 7) is 4.01. The summed E-state index contributed by atoms with van der Waals surface area (Å²) in [7, 11) is 0. The second-order valence-electron chi connectivity index (χ2n) is 7.02. The number of nitrogens with one attached hydrogen (secondary N) is 2. The monoisotopic (exact) mass is 361 g/mol. The maximum Gasteiger partial charge on any atom is 0.258 e. The quantitative estimate of drug-likeness (QED) is 0.733. The summed E-state index contributed by atoms with van der Waals surface area (Å²) in [5, 5.41) is 10.8. The highest BCUT2D eigenvalue weighted by Gasteiger charge is 2.17. The van der Waals surface area contributed by atoms with Gasteiger partial charge in [-0.25, -0.2) is 4.68 Å². The second-order valence-corrected chi connectivity index (χ2v) is 7.02. The molecule has 138 valence electrons. The Labute approximate surface area is 158 Å². The molecular formula is C21H23N5O. The van der Waals surface area contributed by atoms with E-state index in [0.717, 1.165) is 36.5 Å². The van der Waals surface area contributed by atoms with Crippen molar-refractivity contribution in [1.82, 2.24) is 20.1 Å². The number of aryl methyl sites for hydroxylation is 1. The van der Waals surface area contributed by atoms with Gasteiger partial charge in [0.1, 0.15) is 5.82 Å². The lowest BCUT2D eigenvalue weighted by molar-refractivity contribution is 0.102. The van der Waals surface area contributed by atoms with E-state index in [1.54, 1.807) is 10.9 Å². The lowest BCUT2D eigenvalue weighted by Crippen LogP contribution is -2.16. The smallest absolute Gasteiger partial charge is 0.258 e. The molecule has 1 aliphatic heterocycles. The van der Waals surface area contributed by atoms with Crippen molar-refractivity contribution in [2.75, 3.05) is 18.4 Å². The first-order valence-corrected chi connectivity index (χ1v) is 9.27. The molecule has 1 fully saturated rings. The van der Waals surface area contributed by atoms with Crippen LogP contribution >= 0.6 is 0 Å². The van der Waals surface area contributed by atoms with Crippen LogP contribution in [0.5, 0.6) is 0 Å². The van der Waals surface area contributed by atoms with Gasteiger partial charge < -0.3 is 10.6 Å². The number of carbonyl (C=O) groups excluding carboxylic acids is 1. The molecule has 0 aliphatic carbocycles. The van der Waals surface area contributed by atoms with Crippen molar-refractivity contribution >= 4 is 11.7 Å². The fourth-order valence-electron chi connectivity index (χ4n) is 3.49. The van der Waals surface area contributed by atoms with Crippen LogP contribution < -0.4 is 10.6 Å². The zero-order valence-electron chi connectivity index (χ0n) is 15.4. The van der Waals surface area contributed by atoms with E-state index >= 15 is 0 Å². The molecule has 1 atom stereocenters. The van der Waals surface area contributed by atoms with Gasteiger partial charge in [0.15, 0.2) is 0 Å². The summed E-state index contributed by atoms with van der Waals surface area (Å²) in [5.41, 5.74) is 3.41. The Kier molecular flexibility index (Phi) is 4.98. The molecule has 3 heterocycles. The average molecular weight is 361 g/mol. The number of para-hydroxylation sites is 1. The number of hydrogen-bond acceptors (Lipinski definition) is 4. The fourth-order valence-corrected chi connectivity index (χ4v) is 3.49. The Morgan fingerprint density at radius 3 is 2.89 bits per heavy atom. The van der Waals surface area contributed by atoms with Crippen LogP contribution in [0.25, 0.3) is 5.69 Å². The number of carbonyl (C=O) groups is 1. The Bertz CT molecular complexity index is 929. The lowest BCUT2D eigenvalue weighted by Gasteiger charge is -2.11. The minimum atomic E-state index is -0.175. The van der Waals surface area contributed by atoms with Gasteiger partial charge in [-0.15, -0.1) is 0 Å². The number of rotatable bonds is 5. The second kappa shape index (κ2) is 7.72. The van der Waals surface area contributed by atoms with Crippen LogP contribution in [-0.2, 0) is 6.42 Å². The molecule has 2 N–H and O–H groups in total. The maximum atomic E-state index is 12.8. The predicted octanol–water partition coefficient (Wildman–Crippen LogP) is 2.98. The molecular weight excluding hydrogens is 338 g/mol. The molecule has 0 radical (unpaired) electrons. The van der Waals surface area contributed by atoms with Crippen molar-refractivity contribution in [3.63, 3.8) is 0 Å². The van der Waals surface area contributed by atoms with Gasteiger partial charge >= 0.3 is 0 Å². The Balaban J connectivity index is 1.53. The minimum Gasteiger partial charge on any atom is -0.316 e. The van der Waals surface area contributed by atoms with E-state index < -0.39 is 0 Å². The molecule has 6 nitrogen and oxygen atoms in total. The van der Waals surface area contributed by atoms with Gasteiger partial charge in [-0.05, 0) is 62.5 Å². The highest BCUT2D eigenvalue weighted by Crippen LogP contribution is 2.19. The molecule has 1 amide bonds. The molecule has 1 aromatic carbocycles. The van der Waals surface area contributed by atoms with E-state index in [9.17, 15) is 4.79 Å². The summed E-state index contributed by atoms with van der Waals surface area (Å²) in [5.74, 6) is 1.09. The molecule has 27 heavy (non-hydrogen) atoms. The average Bonchev–Trinajstić information content (AvgIpc) is 3.32. The molecule has 1 aliphatic rings. The molecule has 6 heteroatoms. The number of hydrogen-bond donors (Lipinski definition) is 2. The van der Waals surface area contributed by atoms with Gasteiger partial charge in [0.25, 0.3) is 5.91 Å². The highest BCUT2D eigenvalue weighted by atomic mass is 16.1. The summed E-state index contributed by atoms with van der Waals surface area (Å²) in [6, 6.07) is 13.6. The number of aromatic nitrogens is 3. The Morgan fingerprint density at radius 2 is 2.11 bits per heavy atom. The maximum absolute atomic E-state index is 12.8. The Morgan fingerprint density at radius 1 is 1.26 bits per heavy atom. The molecule has 0 bridgehead atoms. The molecule has 0 saturated carbocycles. The van der Waals surface area contributed by atoms with E-state index in [1.807, 2.05) is 55.6 Å². The normalized spacial score (nSPS) is 16.4. The first-order chi connectivity index (χ1) is 13.2. The van der Waals surface area contributed by atoms with Crippen LogP contribution in [-0.4, -0.2) is 33.8 Å². The standard InChI is InChI=1S/C21H23N5O/c1-15-9-20(26(25-15)19-5-3-2-4-6-19)24-21(27)18-11-17(13-23-14-18)10-16-7-8-22-12-16/h2-6,9,11,13-14,16,22H,7-8,10,12H2,1H3,(H,24,27). The van der Waals surface area contributed by atoms with Gasteiger partial charge in [-0.2, -0.15) is 5.10 Å². The van der Waals surface area contributed by atoms with Gasteiger partial charge in [0.05, 0.1) is 16.9 Å². The van der Waals surface area contributed by atoms with E-state index in [4.69, 9.17) is 0 Å². The van der Waals surface area contributed by atoms with Crippen LogP contribution in [0.2, 0.25) is 0 Å². The van der Waals surface area contributed by atoms with Gasteiger partial charge in [-0.1, -0.05) is 18.2 Å². The van der Waals surface area contributed by atoms with Crippen molar-refractivity contribution < 1.29 is 4.79 Å². The van der Waals surface area contributed by atoms with E-state index in [2.05, 4.69) is 20.7 Å². The zero-order valence-corrected chi connectivity index (χ0v) is 15.4. The minimum absolute atomic E-state index is 0.175. The number of amides is 1. The molecule has 3 aromatic rings. The predicted molar refractivity (Wildman–Crippen MR) is 105 cm³/mol. The van der Waals surface area contributed by atoms with Gasteiger partial charge in [0.2, 0.25) is 0 Å². The first kappa shape index (κ1) is 17.4. The number of pyridine rings is 1. The zero-order chi connectivity index (χ0) is 18.6. The van der Waals surface area contributed by atoms with Crippen LogP contribution in [0.1, 0.15) is 28.0 Å². The van der Waals surface area contributed by atoms with Gasteiger partial charge in [-0.3, -0.25) is 9.78 Å². The third-order valence-electron chi connectivity index (χ3n) is 4.82. The van der Waals surface area contributed by atoms with E-state index in [1.165, 1.54) is 6.42 Å². The van der Waals surface area contributed by atoms with Crippen molar-refractivity contribution in [1.29, 1.82) is 0 Å². The van der Waals surface area contributed by atoms with Crippen LogP contribution in [0.4, 0.5) is 5.82 Å². The first-order valence-electron chi connectivity index (χ1n) is 9.27. The van der Waals surface area contributed by atoms with E-state index in [-0.39, 0.29) is 5.91 Å². The highest BCUT2D eigenvalue weighted by molar-refractivity contribution is 6.03. The third-order valence-corrected chi connectivity index (χ3v) is 4.82. The van der Waals surface area contributed by atoms with Crippen molar-refractivity contribution in [2.45, 2.75) is 19.8 Å². The lowest BCUT2D eigenvalue weighted by atomic mass is 9.99. The number of anilines is 1. The molecule has 0 spiro atoms. The summed E-state index contributed by atoms with van der Waals surface area (Å²) < 4.78 is 1.74. The van der Waals surface area contributed by atoms with Crippen LogP contribution in [0.15, 0.2) is 54.9 Å². The van der Waals surface area contributed by atoms with Crippen molar-refractivity contribution in [2.24, 2.45) is 5.92 Å². The number of nitrogens with zero attached hydrogens (tertiary/aromatic N) is 3. The Hall–Kier alpha value is -2.99. The third kappa shape index (κ3) is 4.06. The van der Waals surface area contributed by atoms with Crippen LogP contribution in [0.3, 0.4) is 0 Å². The molecule has 1 saturated heterocycles.